The van der Waals surface area contributed by atoms with Gasteiger partial charge in [0, 0.05) is 34.5 Å². The van der Waals surface area contributed by atoms with E-state index in [2.05, 4.69) is 16.7 Å². The van der Waals surface area contributed by atoms with Crippen molar-refractivity contribution in [3.05, 3.63) is 0 Å². The highest BCUT2D eigenvalue weighted by atomic mass is 32.2. The molecular formula is C48H77NO2S. The quantitative estimate of drug-likeness (QED) is 0.281. The zero-order chi connectivity index (χ0) is 34.2. The van der Waals surface area contributed by atoms with Crippen LogP contribution in [0.5, 0.6) is 0 Å². The Hall–Kier alpha value is 0.230. The van der Waals surface area contributed by atoms with Gasteiger partial charge in [0.2, 0.25) is 0 Å². The van der Waals surface area contributed by atoms with Gasteiger partial charge in [0.25, 0.3) is 0 Å². The van der Waals surface area contributed by atoms with Crippen LogP contribution in [0.25, 0.3) is 0 Å². The first-order chi connectivity index (χ1) is 25.8. The topological polar surface area (TPSA) is 21.7 Å². The lowest BCUT2D eigenvalue weighted by Gasteiger charge is -2.51. The maximum absolute atomic E-state index is 7.57. The normalized spacial score (nSPS) is 53.7. The van der Waals surface area contributed by atoms with Crippen molar-refractivity contribution in [2.75, 3.05) is 0 Å². The van der Waals surface area contributed by atoms with Crippen LogP contribution < -0.4 is 0 Å². The predicted octanol–water partition coefficient (Wildman–Crippen LogP) is 12.0. The van der Waals surface area contributed by atoms with Crippen molar-refractivity contribution >= 4 is 11.8 Å². The zero-order valence-electron chi connectivity index (χ0n) is 33.1. The van der Waals surface area contributed by atoms with E-state index in [1.165, 1.54) is 161 Å². The van der Waals surface area contributed by atoms with Crippen LogP contribution in [0.3, 0.4) is 0 Å². The van der Waals surface area contributed by atoms with Gasteiger partial charge in [0.15, 0.2) is 0 Å². The monoisotopic (exact) mass is 732 g/mol. The molecule has 3 aliphatic heterocycles. The average Bonchev–Trinajstić information content (AvgIpc) is 3.90. The molecule has 0 radical (unpaired) electrons. The lowest BCUT2D eigenvalue weighted by Crippen LogP contribution is -2.54. The third kappa shape index (κ3) is 6.37. The van der Waals surface area contributed by atoms with Gasteiger partial charge in [-0.3, -0.25) is 4.90 Å². The molecule has 14 atom stereocenters. The summed E-state index contributed by atoms with van der Waals surface area (Å²) >= 11 is 2.44. The number of hydrogen-bond acceptors (Lipinski definition) is 4. The van der Waals surface area contributed by atoms with Crippen molar-refractivity contribution in [2.45, 2.75) is 239 Å². The fraction of sp³-hybridized carbons (Fsp3) is 1.00. The Bertz CT molecular complexity index is 1200. The van der Waals surface area contributed by atoms with Crippen LogP contribution >= 0.6 is 11.8 Å². The van der Waals surface area contributed by atoms with Gasteiger partial charge < -0.3 is 9.47 Å². The minimum Gasteiger partial charge on any atom is -0.374 e. The summed E-state index contributed by atoms with van der Waals surface area (Å²) in [5, 5.41) is 1.91. The highest BCUT2D eigenvalue weighted by molar-refractivity contribution is 8.00. The Balaban J connectivity index is 0.780. The maximum atomic E-state index is 7.57. The molecule has 4 heteroatoms. The van der Waals surface area contributed by atoms with Crippen molar-refractivity contribution in [1.82, 2.24) is 4.90 Å². The van der Waals surface area contributed by atoms with Crippen LogP contribution in [0.2, 0.25) is 0 Å². The predicted molar refractivity (Wildman–Crippen MR) is 214 cm³/mol. The van der Waals surface area contributed by atoms with Gasteiger partial charge in [-0.2, -0.15) is 11.8 Å². The van der Waals surface area contributed by atoms with Crippen molar-refractivity contribution in [1.29, 1.82) is 0 Å². The number of nitrogens with zero attached hydrogens (tertiary/aromatic N) is 1. The third-order valence-electron chi connectivity index (χ3n) is 19.5. The Labute approximate surface area is 323 Å². The molecule has 11 rings (SSSR count). The van der Waals surface area contributed by atoms with E-state index in [1.54, 1.807) is 25.7 Å². The van der Waals surface area contributed by atoms with Gasteiger partial charge in [-0.15, -0.1) is 0 Å². The Morgan fingerprint density at radius 1 is 0.346 bits per heavy atom. The first kappa shape index (κ1) is 35.4. The fourth-order valence-corrected chi connectivity index (χ4v) is 19.4. The lowest BCUT2D eigenvalue weighted by molar-refractivity contribution is -0.0787. The van der Waals surface area contributed by atoms with Crippen LogP contribution in [0.1, 0.15) is 186 Å². The summed E-state index contributed by atoms with van der Waals surface area (Å²) in [5.74, 6) is 9.38. The molecule has 14 unspecified atom stereocenters. The van der Waals surface area contributed by atoms with E-state index in [9.17, 15) is 0 Å². The minimum atomic E-state index is 0.598. The van der Waals surface area contributed by atoms with Crippen molar-refractivity contribution < 1.29 is 9.47 Å². The largest absolute Gasteiger partial charge is 0.374 e. The Morgan fingerprint density at radius 3 is 1.79 bits per heavy atom. The molecule has 3 nitrogen and oxygen atoms in total. The first-order valence-corrected chi connectivity index (χ1v) is 25.4. The highest BCUT2D eigenvalue weighted by Crippen LogP contribution is 2.62. The number of fused-ring (bicyclic) bond motifs is 10. The summed E-state index contributed by atoms with van der Waals surface area (Å²) in [7, 11) is 0. The molecule has 0 bridgehead atoms. The first-order valence-electron chi connectivity index (χ1n) is 24.5. The summed E-state index contributed by atoms with van der Waals surface area (Å²) in [6, 6.07) is 2.56. The van der Waals surface area contributed by atoms with Gasteiger partial charge in [0.1, 0.15) is 0 Å². The SMILES string of the molecule is C1CCC(C2CCC(N(C3CCC(C4CCCC5C6CCC7SC8CCCCC8C7C6OC45)CC3)C3CCC4OC5CCCCC5C4C3)CC2)CC1. The van der Waals surface area contributed by atoms with Crippen LogP contribution in [-0.2, 0) is 9.47 Å². The van der Waals surface area contributed by atoms with E-state index >= 15 is 0 Å². The zero-order valence-corrected chi connectivity index (χ0v) is 34.0. The van der Waals surface area contributed by atoms with Gasteiger partial charge in [-0.05, 0) is 175 Å². The average molecular weight is 732 g/mol. The van der Waals surface area contributed by atoms with E-state index < -0.39 is 0 Å². The maximum Gasteiger partial charge on any atom is 0.0652 e. The molecule has 8 aliphatic carbocycles. The van der Waals surface area contributed by atoms with E-state index in [-0.39, 0.29) is 0 Å². The molecule has 292 valence electrons. The summed E-state index contributed by atoms with van der Waals surface area (Å²) < 4.78 is 14.4. The Kier molecular flexibility index (Phi) is 10.3. The van der Waals surface area contributed by atoms with Crippen LogP contribution in [0.4, 0.5) is 0 Å². The van der Waals surface area contributed by atoms with E-state index in [4.69, 9.17) is 9.47 Å². The summed E-state index contributed by atoms with van der Waals surface area (Å²) in [5.41, 5.74) is 0. The van der Waals surface area contributed by atoms with Crippen molar-refractivity contribution in [2.24, 2.45) is 59.2 Å². The summed E-state index contributed by atoms with van der Waals surface area (Å²) in [6.07, 6.45) is 45.7. The summed E-state index contributed by atoms with van der Waals surface area (Å²) in [6.45, 7) is 0. The van der Waals surface area contributed by atoms with Crippen molar-refractivity contribution in [3.63, 3.8) is 0 Å². The molecule has 0 aromatic rings. The smallest absolute Gasteiger partial charge is 0.0652 e. The van der Waals surface area contributed by atoms with E-state index in [1.807, 2.05) is 0 Å². The molecule has 0 amide bonds. The molecular weight excluding hydrogens is 655 g/mol. The molecule has 0 aromatic heterocycles. The van der Waals surface area contributed by atoms with Crippen LogP contribution in [-0.4, -0.2) is 57.9 Å². The van der Waals surface area contributed by atoms with E-state index in [0.717, 1.165) is 87.8 Å². The molecule has 3 saturated heterocycles. The minimum absolute atomic E-state index is 0.598. The standard InChI is InChI=1S/C48H77NO2S/c1-2-9-30(10-3-1)31-17-21-33(22-18-31)49(35-25-27-43-41(29-35)37-11-4-6-15-42(37)50-43)34-23-19-32(20-24-34)36-13-8-14-38-39-26-28-45-46(48(39)51-47(36)38)40-12-5-7-16-44(40)52-45/h30-48H,1-29H2. The van der Waals surface area contributed by atoms with E-state index in [0.29, 0.717) is 24.4 Å². The van der Waals surface area contributed by atoms with Gasteiger partial charge in [0.05, 0.1) is 24.4 Å². The second kappa shape index (κ2) is 15.2. The molecule has 3 heterocycles. The van der Waals surface area contributed by atoms with Gasteiger partial charge in [-0.1, -0.05) is 64.2 Å². The molecule has 11 fully saturated rings. The number of thioether (sulfide) groups is 1. The lowest BCUT2D eigenvalue weighted by atomic mass is 9.62. The van der Waals surface area contributed by atoms with Crippen molar-refractivity contribution in [3.8, 4) is 0 Å². The highest BCUT2D eigenvalue weighted by Gasteiger charge is 2.60. The number of ether oxygens (including phenoxy) is 2. The molecule has 8 saturated carbocycles. The molecule has 0 spiro atoms. The molecule has 0 aromatic carbocycles. The third-order valence-corrected chi connectivity index (χ3v) is 21.4. The second-order valence-corrected chi connectivity index (χ2v) is 23.1. The van der Waals surface area contributed by atoms with Gasteiger partial charge >= 0.3 is 0 Å². The summed E-state index contributed by atoms with van der Waals surface area (Å²) in [4.78, 5) is 3.32. The number of hydrogen-bond donors (Lipinski definition) is 0. The fourth-order valence-electron chi connectivity index (χ4n) is 17.3. The Morgan fingerprint density at radius 2 is 0.962 bits per heavy atom. The second-order valence-electron chi connectivity index (χ2n) is 21.6. The molecule has 11 aliphatic rings. The van der Waals surface area contributed by atoms with Crippen LogP contribution in [0, 0.1) is 59.2 Å². The molecule has 52 heavy (non-hydrogen) atoms. The van der Waals surface area contributed by atoms with Gasteiger partial charge in [-0.25, -0.2) is 0 Å². The number of rotatable bonds is 5. The van der Waals surface area contributed by atoms with Crippen LogP contribution in [0.15, 0.2) is 0 Å². The molecule has 0 N–H and O–H groups in total.